The molecule has 0 aliphatic carbocycles. The largest absolute Gasteiger partial charge is 0.416 e. The normalized spacial score (nSPS) is 15.8. The molecule has 0 N–H and O–H groups in total. The van der Waals surface area contributed by atoms with E-state index in [1.807, 2.05) is 0 Å². The molecule has 1 saturated heterocycles. The van der Waals surface area contributed by atoms with Crippen molar-refractivity contribution in [3.63, 3.8) is 0 Å². The lowest BCUT2D eigenvalue weighted by Crippen LogP contribution is -2.48. The Morgan fingerprint density at radius 2 is 1.64 bits per heavy atom. The van der Waals surface area contributed by atoms with Gasteiger partial charge in [-0.2, -0.15) is 13.2 Å². The fourth-order valence-corrected chi connectivity index (χ4v) is 3.74. The number of rotatable bonds is 4. The lowest BCUT2D eigenvalue weighted by atomic mass is 9.85. The first kappa shape index (κ1) is 22.5. The number of likely N-dealkylation sites (tertiary alicyclic amines) is 1. The van der Waals surface area contributed by atoms with Crippen LogP contribution in [0, 0.1) is 0 Å². The SMILES string of the molecule is O=C(c1cccnc1-c1ccncn1)N1CCC(F)(C(=O)c2ccc(C(F)(F)F)cc2)CC1. The van der Waals surface area contributed by atoms with E-state index in [1.54, 1.807) is 18.2 Å². The van der Waals surface area contributed by atoms with Crippen LogP contribution in [0.15, 0.2) is 61.2 Å². The van der Waals surface area contributed by atoms with E-state index in [9.17, 15) is 22.8 Å². The molecule has 2 aromatic heterocycles. The molecule has 10 heteroatoms. The Balaban J connectivity index is 1.48. The molecular formula is C23H18F4N4O2. The van der Waals surface area contributed by atoms with Crippen LogP contribution in [0.1, 0.15) is 39.1 Å². The Labute approximate surface area is 186 Å². The molecule has 4 rings (SSSR count). The van der Waals surface area contributed by atoms with Crippen LogP contribution in [-0.2, 0) is 6.18 Å². The van der Waals surface area contributed by atoms with Crippen molar-refractivity contribution in [3.8, 4) is 11.4 Å². The van der Waals surface area contributed by atoms with E-state index in [2.05, 4.69) is 15.0 Å². The summed E-state index contributed by atoms with van der Waals surface area (Å²) in [6.07, 6.45) is -0.680. The highest BCUT2D eigenvalue weighted by atomic mass is 19.4. The number of carbonyl (C=O) groups is 2. The van der Waals surface area contributed by atoms with Crippen LogP contribution in [0.25, 0.3) is 11.4 Å². The molecule has 0 radical (unpaired) electrons. The molecular weight excluding hydrogens is 440 g/mol. The lowest BCUT2D eigenvalue weighted by molar-refractivity contribution is -0.137. The van der Waals surface area contributed by atoms with E-state index in [4.69, 9.17) is 0 Å². The third-order valence-corrected chi connectivity index (χ3v) is 5.59. The summed E-state index contributed by atoms with van der Waals surface area (Å²) >= 11 is 0. The minimum atomic E-state index is -4.54. The van der Waals surface area contributed by atoms with Crippen LogP contribution in [-0.4, -0.2) is 50.3 Å². The topological polar surface area (TPSA) is 76.1 Å². The zero-order chi connectivity index (χ0) is 23.6. The van der Waals surface area contributed by atoms with Crippen molar-refractivity contribution in [1.29, 1.82) is 0 Å². The summed E-state index contributed by atoms with van der Waals surface area (Å²) < 4.78 is 53.6. The lowest BCUT2D eigenvalue weighted by Gasteiger charge is -2.35. The number of Topliss-reactive ketones (excluding diaryl/α,β-unsaturated/α-hetero) is 1. The van der Waals surface area contributed by atoms with Gasteiger partial charge in [0.05, 0.1) is 16.8 Å². The molecule has 3 heterocycles. The Kier molecular flexibility index (Phi) is 5.92. The van der Waals surface area contributed by atoms with Crippen molar-refractivity contribution in [1.82, 2.24) is 19.9 Å². The van der Waals surface area contributed by atoms with E-state index in [0.29, 0.717) is 11.4 Å². The van der Waals surface area contributed by atoms with Crippen LogP contribution < -0.4 is 0 Å². The number of amides is 1. The first-order valence-corrected chi connectivity index (χ1v) is 10.1. The summed E-state index contributed by atoms with van der Waals surface area (Å²) in [6.45, 7) is -0.0559. The standard InChI is InChI=1S/C23H18F4N4O2/c24-22(20(32)15-3-5-16(6-4-15)23(25,26)27)8-12-31(13-9-22)21(33)17-2-1-10-29-19(17)18-7-11-28-14-30-18/h1-7,10-11,14H,8-9,12-13H2. The summed E-state index contributed by atoms with van der Waals surface area (Å²) in [6, 6.07) is 8.29. The zero-order valence-corrected chi connectivity index (χ0v) is 17.2. The van der Waals surface area contributed by atoms with Crippen molar-refractivity contribution in [2.75, 3.05) is 13.1 Å². The van der Waals surface area contributed by atoms with Crippen LogP contribution in [0.4, 0.5) is 17.6 Å². The van der Waals surface area contributed by atoms with E-state index in [-0.39, 0.29) is 43.0 Å². The maximum atomic E-state index is 15.4. The molecule has 1 aliphatic heterocycles. The highest BCUT2D eigenvalue weighted by molar-refractivity contribution is 6.03. The fourth-order valence-electron chi connectivity index (χ4n) is 3.74. The molecule has 1 fully saturated rings. The molecule has 0 saturated carbocycles. The first-order valence-electron chi connectivity index (χ1n) is 10.1. The van der Waals surface area contributed by atoms with E-state index in [1.165, 1.54) is 23.6 Å². The number of hydrogen-bond acceptors (Lipinski definition) is 5. The number of halogens is 4. The van der Waals surface area contributed by atoms with Crippen molar-refractivity contribution in [2.45, 2.75) is 24.7 Å². The van der Waals surface area contributed by atoms with Crippen molar-refractivity contribution in [3.05, 3.63) is 77.9 Å². The molecule has 1 amide bonds. The predicted molar refractivity (Wildman–Crippen MR) is 110 cm³/mol. The van der Waals surface area contributed by atoms with E-state index < -0.39 is 23.2 Å². The van der Waals surface area contributed by atoms with Gasteiger partial charge in [-0.25, -0.2) is 14.4 Å². The fraction of sp³-hybridized carbons (Fsp3) is 0.261. The monoisotopic (exact) mass is 458 g/mol. The third-order valence-electron chi connectivity index (χ3n) is 5.59. The Morgan fingerprint density at radius 1 is 0.939 bits per heavy atom. The molecule has 0 spiro atoms. The number of piperidine rings is 1. The van der Waals surface area contributed by atoms with E-state index >= 15 is 4.39 Å². The van der Waals surface area contributed by atoms with Gasteiger partial charge in [0.2, 0.25) is 0 Å². The molecule has 1 aromatic carbocycles. The van der Waals surface area contributed by atoms with Crippen LogP contribution in [0.2, 0.25) is 0 Å². The Hall–Kier alpha value is -3.69. The number of pyridine rings is 1. The molecule has 1 aliphatic rings. The number of aromatic nitrogens is 3. The minimum absolute atomic E-state index is 0.0280. The first-order chi connectivity index (χ1) is 15.7. The summed E-state index contributed by atoms with van der Waals surface area (Å²) in [5.41, 5.74) is -2.20. The highest BCUT2D eigenvalue weighted by Gasteiger charge is 2.43. The molecule has 6 nitrogen and oxygen atoms in total. The second-order valence-corrected chi connectivity index (χ2v) is 7.66. The summed E-state index contributed by atoms with van der Waals surface area (Å²) in [5, 5.41) is 0. The maximum Gasteiger partial charge on any atom is 0.416 e. The highest BCUT2D eigenvalue weighted by Crippen LogP contribution is 2.34. The molecule has 33 heavy (non-hydrogen) atoms. The molecule has 3 aromatic rings. The number of ketones is 1. The second-order valence-electron chi connectivity index (χ2n) is 7.66. The predicted octanol–water partition coefficient (Wildman–Crippen LogP) is 4.38. The van der Waals surface area contributed by atoms with Crippen molar-refractivity contribution in [2.24, 2.45) is 0 Å². The van der Waals surface area contributed by atoms with Gasteiger partial charge in [-0.05, 0) is 30.3 Å². The average Bonchev–Trinajstić information content (AvgIpc) is 2.84. The van der Waals surface area contributed by atoms with Gasteiger partial charge < -0.3 is 4.90 Å². The maximum absolute atomic E-state index is 15.4. The van der Waals surface area contributed by atoms with Gasteiger partial charge in [0.15, 0.2) is 11.5 Å². The van der Waals surface area contributed by atoms with Gasteiger partial charge in [-0.15, -0.1) is 0 Å². The summed E-state index contributed by atoms with van der Waals surface area (Å²) in [4.78, 5) is 39.4. The van der Waals surface area contributed by atoms with Gasteiger partial charge in [0.1, 0.15) is 12.0 Å². The molecule has 0 atom stereocenters. The molecule has 0 bridgehead atoms. The summed E-state index contributed by atoms with van der Waals surface area (Å²) in [5.74, 6) is -1.26. The zero-order valence-electron chi connectivity index (χ0n) is 17.2. The second kappa shape index (κ2) is 8.68. The van der Waals surface area contributed by atoms with E-state index in [0.717, 1.165) is 24.3 Å². The Bertz CT molecular complexity index is 1160. The van der Waals surface area contributed by atoms with Gasteiger partial charge in [-0.3, -0.25) is 14.6 Å². The number of benzene rings is 1. The smallest absolute Gasteiger partial charge is 0.338 e. The number of nitrogens with zero attached hydrogens (tertiary/aromatic N) is 4. The van der Waals surface area contributed by atoms with Gasteiger partial charge in [0.25, 0.3) is 5.91 Å². The quantitative estimate of drug-likeness (QED) is 0.428. The number of hydrogen-bond donors (Lipinski definition) is 0. The average molecular weight is 458 g/mol. The molecule has 0 unspecified atom stereocenters. The van der Waals surface area contributed by atoms with Gasteiger partial charge in [0, 0.05) is 43.9 Å². The Morgan fingerprint density at radius 3 is 2.24 bits per heavy atom. The number of carbonyl (C=O) groups excluding carboxylic acids is 2. The van der Waals surface area contributed by atoms with Crippen molar-refractivity contribution < 1.29 is 27.2 Å². The van der Waals surface area contributed by atoms with Crippen LogP contribution in [0.3, 0.4) is 0 Å². The van der Waals surface area contributed by atoms with Crippen LogP contribution in [0.5, 0.6) is 0 Å². The summed E-state index contributed by atoms with van der Waals surface area (Å²) in [7, 11) is 0. The van der Waals surface area contributed by atoms with Crippen LogP contribution >= 0.6 is 0 Å². The third kappa shape index (κ3) is 4.59. The van der Waals surface area contributed by atoms with Gasteiger partial charge in [-0.1, -0.05) is 12.1 Å². The number of alkyl halides is 4. The van der Waals surface area contributed by atoms with Crippen molar-refractivity contribution >= 4 is 11.7 Å². The van der Waals surface area contributed by atoms with Gasteiger partial charge >= 0.3 is 6.18 Å². The minimum Gasteiger partial charge on any atom is -0.338 e. The molecule has 170 valence electrons.